The Balaban J connectivity index is 2.98. The minimum Gasteiger partial charge on any atom is -0.493 e. The predicted molar refractivity (Wildman–Crippen MR) is 44.0 cm³/mol. The van der Waals surface area contributed by atoms with Crippen molar-refractivity contribution in [2.75, 3.05) is 0 Å². The van der Waals surface area contributed by atoms with E-state index in [2.05, 4.69) is 9.97 Å². The van der Waals surface area contributed by atoms with Gasteiger partial charge in [-0.25, -0.2) is 4.98 Å². The number of pyridine rings is 2. The van der Waals surface area contributed by atoms with Crippen molar-refractivity contribution < 1.29 is 5.11 Å². The van der Waals surface area contributed by atoms with Gasteiger partial charge in [-0.3, -0.25) is 4.79 Å². The van der Waals surface area contributed by atoms with Gasteiger partial charge in [-0.1, -0.05) is 0 Å². The zero-order valence-corrected chi connectivity index (χ0v) is 6.11. The summed E-state index contributed by atoms with van der Waals surface area (Å²) in [5.74, 6) is -0.140. The maximum atomic E-state index is 11.1. The first-order valence-electron chi connectivity index (χ1n) is 3.45. The number of H-pyrrole nitrogens is 1. The molecule has 0 spiro atoms. The van der Waals surface area contributed by atoms with Crippen LogP contribution in [0.4, 0.5) is 0 Å². The number of aromatic nitrogens is 2. The monoisotopic (exact) mass is 162 g/mol. The molecular weight excluding hydrogens is 156 g/mol. The van der Waals surface area contributed by atoms with Crippen molar-refractivity contribution in [3.63, 3.8) is 0 Å². The third-order valence-corrected chi connectivity index (χ3v) is 1.60. The number of aromatic hydroxyl groups is 1. The Hall–Kier alpha value is -1.84. The topological polar surface area (TPSA) is 66.0 Å². The lowest BCUT2D eigenvalue weighted by Gasteiger charge is -1.94. The van der Waals surface area contributed by atoms with Crippen LogP contribution in [-0.4, -0.2) is 15.1 Å². The lowest BCUT2D eigenvalue weighted by atomic mass is 10.3. The molecule has 4 heteroatoms. The predicted octanol–water partition coefficient (Wildman–Crippen LogP) is 0.629. The smallest absolute Gasteiger partial charge is 0.274 e. The lowest BCUT2D eigenvalue weighted by molar-refractivity contribution is 0.455. The first-order chi connectivity index (χ1) is 5.77. The van der Waals surface area contributed by atoms with Crippen LogP contribution in [0.5, 0.6) is 5.88 Å². The van der Waals surface area contributed by atoms with Crippen LogP contribution in [0.25, 0.3) is 10.9 Å². The molecule has 2 rings (SSSR count). The molecule has 0 saturated carbocycles. The van der Waals surface area contributed by atoms with Crippen molar-refractivity contribution in [1.82, 2.24) is 9.97 Å². The average molecular weight is 162 g/mol. The van der Waals surface area contributed by atoms with Crippen LogP contribution < -0.4 is 5.56 Å². The largest absolute Gasteiger partial charge is 0.493 e. The summed E-state index contributed by atoms with van der Waals surface area (Å²) in [5.41, 5.74) is -0.0269. The second-order valence-corrected chi connectivity index (χ2v) is 2.41. The molecule has 0 aliphatic heterocycles. The van der Waals surface area contributed by atoms with Crippen LogP contribution >= 0.6 is 0 Å². The summed E-state index contributed by atoms with van der Waals surface area (Å²) < 4.78 is 0. The second-order valence-electron chi connectivity index (χ2n) is 2.41. The molecule has 0 radical (unpaired) electrons. The van der Waals surface area contributed by atoms with E-state index in [4.69, 9.17) is 5.11 Å². The highest BCUT2D eigenvalue weighted by atomic mass is 16.3. The first kappa shape index (κ1) is 6.84. The molecule has 0 aliphatic rings. The van der Waals surface area contributed by atoms with Crippen molar-refractivity contribution in [2.24, 2.45) is 0 Å². The zero-order valence-electron chi connectivity index (χ0n) is 6.11. The van der Waals surface area contributed by atoms with Crippen LogP contribution in [-0.2, 0) is 0 Å². The Labute approximate surface area is 67.5 Å². The number of aromatic amines is 1. The summed E-state index contributed by atoms with van der Waals surface area (Å²) in [6.45, 7) is 0. The Morgan fingerprint density at radius 3 is 3.00 bits per heavy atom. The number of hydrogen-bond donors (Lipinski definition) is 2. The molecule has 12 heavy (non-hydrogen) atoms. The summed E-state index contributed by atoms with van der Waals surface area (Å²) >= 11 is 0. The number of fused-ring (bicyclic) bond motifs is 1. The molecule has 2 heterocycles. The quantitative estimate of drug-likeness (QED) is 0.597. The fourth-order valence-corrected chi connectivity index (χ4v) is 1.05. The normalized spacial score (nSPS) is 10.3. The van der Waals surface area contributed by atoms with Crippen LogP contribution in [0.3, 0.4) is 0 Å². The maximum absolute atomic E-state index is 11.1. The highest BCUT2D eigenvalue weighted by molar-refractivity contribution is 5.77. The molecule has 0 unspecified atom stereocenters. The molecule has 4 nitrogen and oxygen atoms in total. The molecule has 60 valence electrons. The number of hydrogen-bond acceptors (Lipinski definition) is 3. The second kappa shape index (κ2) is 2.34. The Morgan fingerprint density at radius 1 is 1.33 bits per heavy atom. The molecular formula is C8H6N2O2. The van der Waals surface area contributed by atoms with Crippen LogP contribution in [0.1, 0.15) is 0 Å². The van der Waals surface area contributed by atoms with Crippen molar-refractivity contribution in [1.29, 1.82) is 0 Å². The molecule has 2 aromatic rings. The van der Waals surface area contributed by atoms with E-state index in [-0.39, 0.29) is 17.0 Å². The highest BCUT2D eigenvalue weighted by Crippen LogP contribution is 2.10. The first-order valence-corrected chi connectivity index (χ1v) is 3.45. The van der Waals surface area contributed by atoms with Gasteiger partial charge in [0.1, 0.15) is 5.52 Å². The molecule has 0 fully saturated rings. The van der Waals surface area contributed by atoms with E-state index in [1.165, 1.54) is 6.07 Å². The average Bonchev–Trinajstić information content (AvgIpc) is 2.07. The minimum atomic E-state index is -0.289. The van der Waals surface area contributed by atoms with Gasteiger partial charge in [-0.15, -0.1) is 0 Å². The van der Waals surface area contributed by atoms with Crippen LogP contribution in [0.2, 0.25) is 0 Å². The highest BCUT2D eigenvalue weighted by Gasteiger charge is 1.98. The van der Waals surface area contributed by atoms with E-state index in [9.17, 15) is 4.79 Å². The van der Waals surface area contributed by atoms with E-state index in [0.29, 0.717) is 0 Å². The van der Waals surface area contributed by atoms with Crippen LogP contribution in [0.15, 0.2) is 29.2 Å². The molecule has 0 atom stereocenters. The maximum Gasteiger partial charge on any atom is 0.274 e. The fourth-order valence-electron chi connectivity index (χ4n) is 1.05. The van der Waals surface area contributed by atoms with Gasteiger partial charge in [0.2, 0.25) is 5.88 Å². The summed E-state index contributed by atoms with van der Waals surface area (Å²) in [4.78, 5) is 17.3. The summed E-state index contributed by atoms with van der Waals surface area (Å²) in [5, 5.41) is 9.71. The standard InChI is InChI=1S/C8H6N2O2/c11-6-2-1-5-3-4-9-8(12)7(5)10-6/h1-4H,(H,9,12)(H,10,11). The van der Waals surface area contributed by atoms with Crippen LogP contribution in [0, 0.1) is 0 Å². The van der Waals surface area contributed by atoms with E-state index < -0.39 is 0 Å². The van der Waals surface area contributed by atoms with E-state index >= 15 is 0 Å². The van der Waals surface area contributed by atoms with Gasteiger partial charge in [0.05, 0.1) is 0 Å². The van der Waals surface area contributed by atoms with E-state index in [0.717, 1.165) is 5.39 Å². The Morgan fingerprint density at radius 2 is 2.17 bits per heavy atom. The Bertz CT molecular complexity index is 476. The summed E-state index contributed by atoms with van der Waals surface area (Å²) in [6.07, 6.45) is 1.55. The van der Waals surface area contributed by atoms with Gasteiger partial charge in [0, 0.05) is 17.6 Å². The van der Waals surface area contributed by atoms with Gasteiger partial charge in [0.15, 0.2) is 0 Å². The lowest BCUT2D eigenvalue weighted by Crippen LogP contribution is -2.05. The van der Waals surface area contributed by atoms with Gasteiger partial charge >= 0.3 is 0 Å². The number of nitrogens with zero attached hydrogens (tertiary/aromatic N) is 1. The van der Waals surface area contributed by atoms with Crippen molar-refractivity contribution in [3.05, 3.63) is 34.7 Å². The zero-order chi connectivity index (χ0) is 8.55. The van der Waals surface area contributed by atoms with Gasteiger partial charge in [0.25, 0.3) is 5.56 Å². The van der Waals surface area contributed by atoms with Crippen molar-refractivity contribution >= 4 is 10.9 Å². The number of nitrogens with one attached hydrogen (secondary N) is 1. The summed E-state index contributed by atoms with van der Waals surface area (Å²) in [6, 6.07) is 4.82. The molecule has 0 aromatic carbocycles. The SMILES string of the molecule is O=c1[nH]ccc2ccc(O)nc12. The van der Waals surface area contributed by atoms with E-state index in [1.54, 1.807) is 18.3 Å². The van der Waals surface area contributed by atoms with Gasteiger partial charge in [-0.2, -0.15) is 0 Å². The van der Waals surface area contributed by atoms with Crippen molar-refractivity contribution in [2.45, 2.75) is 0 Å². The van der Waals surface area contributed by atoms with Gasteiger partial charge in [-0.05, 0) is 12.1 Å². The fraction of sp³-hybridized carbons (Fsp3) is 0. The van der Waals surface area contributed by atoms with E-state index in [1.807, 2.05) is 0 Å². The Kier molecular flexibility index (Phi) is 1.33. The third kappa shape index (κ3) is 0.934. The molecule has 0 saturated heterocycles. The summed E-state index contributed by atoms with van der Waals surface area (Å²) in [7, 11) is 0. The molecule has 0 aliphatic carbocycles. The van der Waals surface area contributed by atoms with Gasteiger partial charge < -0.3 is 10.1 Å². The minimum absolute atomic E-state index is 0.140. The third-order valence-electron chi connectivity index (χ3n) is 1.60. The van der Waals surface area contributed by atoms with Crippen molar-refractivity contribution in [3.8, 4) is 5.88 Å². The molecule has 2 N–H and O–H groups in total. The molecule has 0 amide bonds. The molecule has 0 bridgehead atoms. The molecule has 2 aromatic heterocycles. The number of rotatable bonds is 0.